The Labute approximate surface area is 189 Å². The largest absolute Gasteiger partial charge is 0.489 e. The van der Waals surface area contributed by atoms with E-state index >= 15 is 0 Å². The Morgan fingerprint density at radius 1 is 1.19 bits per heavy atom. The number of carbonyl (C=O) groups is 2. The van der Waals surface area contributed by atoms with E-state index in [1.165, 1.54) is 11.3 Å². The summed E-state index contributed by atoms with van der Waals surface area (Å²) in [7, 11) is 0. The van der Waals surface area contributed by atoms with Crippen molar-refractivity contribution in [2.24, 2.45) is 0 Å². The number of nitrogens with one attached hydrogen (secondary N) is 1. The topological polar surface area (TPSA) is 84.4 Å². The standard InChI is InChI=1S/C22H21ClN4O3S/c1-14(28)27-10-8-15(9-11-27)30-16-6-7-19(24-12-16)21(29)26-22-25-20(13-31-22)17-4-2-3-5-18(17)23/h2-7,12-13,15H,8-11H2,1H3,(H,25,26,29). The molecule has 1 aliphatic heterocycles. The molecule has 1 saturated heterocycles. The van der Waals surface area contributed by atoms with Crippen molar-refractivity contribution in [2.45, 2.75) is 25.9 Å². The number of rotatable bonds is 5. The number of aromatic nitrogens is 2. The van der Waals surface area contributed by atoms with Gasteiger partial charge in [0.25, 0.3) is 5.91 Å². The van der Waals surface area contributed by atoms with Crippen LogP contribution in [0.15, 0.2) is 48.0 Å². The van der Waals surface area contributed by atoms with Gasteiger partial charge in [0.2, 0.25) is 5.91 Å². The maximum atomic E-state index is 12.5. The molecule has 3 heterocycles. The number of pyridine rings is 1. The zero-order valence-electron chi connectivity index (χ0n) is 16.9. The van der Waals surface area contributed by atoms with Crippen LogP contribution in [0.3, 0.4) is 0 Å². The van der Waals surface area contributed by atoms with Gasteiger partial charge in [-0.05, 0) is 18.2 Å². The third kappa shape index (κ3) is 5.21. The van der Waals surface area contributed by atoms with Crippen LogP contribution in [0, 0.1) is 0 Å². The zero-order chi connectivity index (χ0) is 21.8. The Hall–Kier alpha value is -2.97. The highest BCUT2D eigenvalue weighted by Crippen LogP contribution is 2.30. The van der Waals surface area contributed by atoms with Crippen LogP contribution >= 0.6 is 22.9 Å². The minimum atomic E-state index is -0.346. The Bertz CT molecular complexity index is 1080. The van der Waals surface area contributed by atoms with E-state index in [9.17, 15) is 9.59 Å². The molecule has 31 heavy (non-hydrogen) atoms. The number of piperidine rings is 1. The second kappa shape index (κ2) is 9.45. The Kier molecular flexibility index (Phi) is 6.48. The molecule has 0 spiro atoms. The maximum Gasteiger partial charge on any atom is 0.276 e. The van der Waals surface area contributed by atoms with Gasteiger partial charge in [0.1, 0.15) is 17.5 Å². The summed E-state index contributed by atoms with van der Waals surface area (Å²) < 4.78 is 5.94. The van der Waals surface area contributed by atoms with E-state index < -0.39 is 0 Å². The predicted molar refractivity (Wildman–Crippen MR) is 121 cm³/mol. The van der Waals surface area contributed by atoms with E-state index in [1.54, 1.807) is 31.3 Å². The highest BCUT2D eigenvalue weighted by atomic mass is 35.5. The summed E-state index contributed by atoms with van der Waals surface area (Å²) in [4.78, 5) is 34.4. The SMILES string of the molecule is CC(=O)N1CCC(Oc2ccc(C(=O)Nc3nc(-c4ccccc4Cl)cs3)nc2)CC1. The molecule has 9 heteroatoms. The Balaban J connectivity index is 1.34. The van der Waals surface area contributed by atoms with Crippen LogP contribution in [-0.2, 0) is 4.79 Å². The van der Waals surface area contributed by atoms with E-state index in [0.29, 0.717) is 34.7 Å². The lowest BCUT2D eigenvalue weighted by Gasteiger charge is -2.31. The molecule has 0 atom stereocenters. The summed E-state index contributed by atoms with van der Waals surface area (Å²) in [6.45, 7) is 2.97. The number of benzene rings is 1. The van der Waals surface area contributed by atoms with Crippen molar-refractivity contribution in [3.8, 4) is 17.0 Å². The molecule has 0 aliphatic carbocycles. The first kappa shape index (κ1) is 21.3. The van der Waals surface area contributed by atoms with Gasteiger partial charge in [0, 0.05) is 48.8 Å². The molecule has 4 rings (SSSR count). The number of amides is 2. The van der Waals surface area contributed by atoms with Gasteiger partial charge in [0.15, 0.2) is 5.13 Å². The Morgan fingerprint density at radius 2 is 1.97 bits per heavy atom. The van der Waals surface area contributed by atoms with Crippen molar-refractivity contribution in [1.29, 1.82) is 0 Å². The van der Waals surface area contributed by atoms with E-state index in [1.807, 2.05) is 28.5 Å². The van der Waals surface area contributed by atoms with Crippen molar-refractivity contribution >= 4 is 39.9 Å². The summed E-state index contributed by atoms with van der Waals surface area (Å²) in [6.07, 6.45) is 3.14. The number of halogens is 1. The fourth-order valence-electron chi connectivity index (χ4n) is 3.35. The van der Waals surface area contributed by atoms with Crippen LogP contribution in [0.4, 0.5) is 5.13 Å². The highest BCUT2D eigenvalue weighted by Gasteiger charge is 2.22. The lowest BCUT2D eigenvalue weighted by molar-refractivity contribution is -0.130. The van der Waals surface area contributed by atoms with Crippen LogP contribution in [0.1, 0.15) is 30.3 Å². The van der Waals surface area contributed by atoms with Gasteiger partial charge in [0.05, 0.1) is 11.9 Å². The summed E-state index contributed by atoms with van der Waals surface area (Å²) in [5.74, 6) is 0.351. The molecular formula is C22H21ClN4O3S. The average molecular weight is 457 g/mol. The number of hydrogen-bond donors (Lipinski definition) is 1. The van der Waals surface area contributed by atoms with Crippen molar-refractivity contribution in [2.75, 3.05) is 18.4 Å². The van der Waals surface area contributed by atoms with Crippen molar-refractivity contribution in [3.05, 3.63) is 58.7 Å². The molecule has 2 amide bonds. The molecule has 1 aliphatic rings. The summed E-state index contributed by atoms with van der Waals surface area (Å²) in [5, 5.41) is 5.69. The van der Waals surface area contributed by atoms with E-state index in [-0.39, 0.29) is 23.6 Å². The number of hydrogen-bond acceptors (Lipinski definition) is 6. The molecule has 7 nitrogen and oxygen atoms in total. The number of likely N-dealkylation sites (tertiary alicyclic amines) is 1. The fraction of sp³-hybridized carbons (Fsp3) is 0.273. The maximum absolute atomic E-state index is 12.5. The normalized spacial score (nSPS) is 14.3. The van der Waals surface area contributed by atoms with E-state index in [2.05, 4.69) is 15.3 Å². The van der Waals surface area contributed by atoms with Crippen molar-refractivity contribution in [3.63, 3.8) is 0 Å². The zero-order valence-corrected chi connectivity index (χ0v) is 18.4. The lowest BCUT2D eigenvalue weighted by Crippen LogP contribution is -2.40. The van der Waals surface area contributed by atoms with Crippen LogP contribution < -0.4 is 10.1 Å². The Morgan fingerprint density at radius 3 is 2.65 bits per heavy atom. The first-order valence-electron chi connectivity index (χ1n) is 9.89. The molecule has 160 valence electrons. The number of nitrogens with zero attached hydrogens (tertiary/aromatic N) is 3. The van der Waals surface area contributed by atoms with Crippen LogP contribution in [0.5, 0.6) is 5.75 Å². The fourth-order valence-corrected chi connectivity index (χ4v) is 4.29. The van der Waals surface area contributed by atoms with Gasteiger partial charge in [-0.3, -0.25) is 14.9 Å². The smallest absolute Gasteiger partial charge is 0.276 e. The number of ether oxygens (including phenoxy) is 1. The molecular weight excluding hydrogens is 436 g/mol. The van der Waals surface area contributed by atoms with Gasteiger partial charge >= 0.3 is 0 Å². The van der Waals surface area contributed by atoms with Gasteiger partial charge in [-0.1, -0.05) is 29.8 Å². The second-order valence-corrected chi connectivity index (χ2v) is 8.44. The molecule has 0 radical (unpaired) electrons. The minimum absolute atomic E-state index is 0.0376. The van der Waals surface area contributed by atoms with Crippen LogP contribution in [-0.4, -0.2) is 45.9 Å². The molecule has 0 unspecified atom stereocenters. The monoisotopic (exact) mass is 456 g/mol. The summed E-state index contributed by atoms with van der Waals surface area (Å²) in [5.41, 5.74) is 1.79. The van der Waals surface area contributed by atoms with Gasteiger partial charge < -0.3 is 9.64 Å². The molecule has 3 aromatic rings. The highest BCUT2D eigenvalue weighted by molar-refractivity contribution is 7.14. The first-order valence-corrected chi connectivity index (χ1v) is 11.2. The van der Waals surface area contributed by atoms with Crippen molar-refractivity contribution in [1.82, 2.24) is 14.9 Å². The van der Waals surface area contributed by atoms with Gasteiger partial charge in [-0.15, -0.1) is 11.3 Å². The first-order chi connectivity index (χ1) is 15.0. The van der Waals surface area contributed by atoms with E-state index in [4.69, 9.17) is 16.3 Å². The van der Waals surface area contributed by atoms with Crippen LogP contribution in [0.25, 0.3) is 11.3 Å². The van der Waals surface area contributed by atoms with Gasteiger partial charge in [-0.2, -0.15) is 0 Å². The minimum Gasteiger partial charge on any atom is -0.489 e. The third-order valence-corrected chi connectivity index (χ3v) is 6.12. The molecule has 1 fully saturated rings. The molecule has 0 bridgehead atoms. The average Bonchev–Trinajstić information content (AvgIpc) is 3.23. The summed E-state index contributed by atoms with van der Waals surface area (Å²) >= 11 is 7.54. The second-order valence-electron chi connectivity index (χ2n) is 7.17. The number of carbonyl (C=O) groups excluding carboxylic acids is 2. The molecule has 1 N–H and O–H groups in total. The lowest BCUT2D eigenvalue weighted by atomic mass is 10.1. The quantitative estimate of drug-likeness (QED) is 0.611. The number of thiazole rings is 1. The summed E-state index contributed by atoms with van der Waals surface area (Å²) in [6, 6.07) is 10.8. The van der Waals surface area contributed by atoms with E-state index in [0.717, 1.165) is 18.4 Å². The predicted octanol–water partition coefficient (Wildman–Crippen LogP) is 4.50. The molecule has 0 saturated carbocycles. The molecule has 1 aromatic carbocycles. The number of anilines is 1. The molecule has 2 aromatic heterocycles. The van der Waals surface area contributed by atoms with Gasteiger partial charge in [-0.25, -0.2) is 9.97 Å². The third-order valence-electron chi connectivity index (χ3n) is 5.03. The van der Waals surface area contributed by atoms with Crippen molar-refractivity contribution < 1.29 is 14.3 Å². The van der Waals surface area contributed by atoms with Crippen LogP contribution in [0.2, 0.25) is 5.02 Å².